The predicted octanol–water partition coefficient (Wildman–Crippen LogP) is 4.30. The molecule has 0 spiro atoms. The van der Waals surface area contributed by atoms with Gasteiger partial charge in [-0.3, -0.25) is 4.79 Å². The Balaban J connectivity index is 1.58. The third-order valence-corrected chi connectivity index (χ3v) is 4.93. The lowest BCUT2D eigenvalue weighted by Gasteiger charge is -2.14. The second-order valence-electron chi connectivity index (χ2n) is 6.96. The molecule has 0 unspecified atom stereocenters. The van der Waals surface area contributed by atoms with E-state index in [4.69, 9.17) is 9.47 Å². The van der Waals surface area contributed by atoms with Gasteiger partial charge in [-0.15, -0.1) is 0 Å². The molecule has 1 amide bonds. The molecule has 0 atom stereocenters. The largest absolute Gasteiger partial charge is 0.497 e. The van der Waals surface area contributed by atoms with E-state index >= 15 is 0 Å². The van der Waals surface area contributed by atoms with E-state index in [9.17, 15) is 4.79 Å². The van der Waals surface area contributed by atoms with Gasteiger partial charge >= 0.3 is 0 Å². The van der Waals surface area contributed by atoms with Crippen LogP contribution in [0.3, 0.4) is 0 Å². The summed E-state index contributed by atoms with van der Waals surface area (Å²) in [5.41, 5.74) is 3.39. The Kier molecular flexibility index (Phi) is 6.03. The van der Waals surface area contributed by atoms with Crippen molar-refractivity contribution in [2.75, 3.05) is 24.9 Å². The maximum atomic E-state index is 12.9. The van der Waals surface area contributed by atoms with Crippen molar-refractivity contribution < 1.29 is 14.3 Å². The molecular formula is C24H24N4O3. The zero-order valence-corrected chi connectivity index (χ0v) is 17.5. The first-order chi connectivity index (χ1) is 15.2. The summed E-state index contributed by atoms with van der Waals surface area (Å²) in [6, 6.07) is 23.1. The van der Waals surface area contributed by atoms with Crippen molar-refractivity contribution >= 4 is 28.6 Å². The number of hydrogen-bond acceptors (Lipinski definition) is 5. The number of carbonyl (C=O) groups is 1. The highest BCUT2D eigenvalue weighted by molar-refractivity contribution is 5.94. The van der Waals surface area contributed by atoms with Crippen LogP contribution in [0.15, 0.2) is 72.8 Å². The maximum Gasteiger partial charge on any atom is 0.244 e. The Hall–Kier alpha value is -4.00. The molecule has 7 heteroatoms. The molecule has 0 aliphatic carbocycles. The van der Waals surface area contributed by atoms with Crippen molar-refractivity contribution in [1.82, 2.24) is 9.55 Å². The molecule has 4 aromatic rings. The van der Waals surface area contributed by atoms with Crippen molar-refractivity contribution in [3.05, 3.63) is 78.4 Å². The number of aromatic nitrogens is 2. The van der Waals surface area contributed by atoms with E-state index in [1.807, 2.05) is 59.2 Å². The average molecular weight is 416 g/mol. The van der Waals surface area contributed by atoms with Crippen molar-refractivity contribution in [2.24, 2.45) is 0 Å². The van der Waals surface area contributed by atoms with Gasteiger partial charge in [0.2, 0.25) is 11.9 Å². The van der Waals surface area contributed by atoms with E-state index in [0.717, 1.165) is 16.6 Å². The van der Waals surface area contributed by atoms with Crippen molar-refractivity contribution in [2.45, 2.75) is 13.1 Å². The average Bonchev–Trinajstić information content (AvgIpc) is 3.15. The van der Waals surface area contributed by atoms with Gasteiger partial charge in [0, 0.05) is 12.6 Å². The number of imidazole rings is 1. The number of rotatable bonds is 8. The van der Waals surface area contributed by atoms with Crippen LogP contribution in [0.1, 0.15) is 5.56 Å². The SMILES string of the molecule is COc1ccc(OC)c(NC(=O)Cn2c(NCc3ccccc3)nc3ccccc32)c1. The molecule has 0 fully saturated rings. The Morgan fingerprint density at radius 2 is 1.74 bits per heavy atom. The zero-order valence-electron chi connectivity index (χ0n) is 17.5. The number of hydrogen-bond donors (Lipinski definition) is 2. The van der Waals surface area contributed by atoms with Crippen LogP contribution in [0, 0.1) is 0 Å². The Bertz CT molecular complexity index is 1190. The second-order valence-corrected chi connectivity index (χ2v) is 6.96. The number of nitrogens with one attached hydrogen (secondary N) is 2. The summed E-state index contributed by atoms with van der Waals surface area (Å²) in [7, 11) is 3.14. The monoisotopic (exact) mass is 416 g/mol. The number of para-hydroxylation sites is 2. The molecule has 0 saturated heterocycles. The highest BCUT2D eigenvalue weighted by Gasteiger charge is 2.15. The minimum absolute atomic E-state index is 0.0952. The molecule has 0 bridgehead atoms. The van der Waals surface area contributed by atoms with Gasteiger partial charge in [0.15, 0.2) is 0 Å². The number of anilines is 2. The first kappa shape index (κ1) is 20.3. The van der Waals surface area contributed by atoms with Crippen molar-refractivity contribution in [1.29, 1.82) is 0 Å². The van der Waals surface area contributed by atoms with Crippen molar-refractivity contribution in [3.63, 3.8) is 0 Å². The summed E-state index contributed by atoms with van der Waals surface area (Å²) >= 11 is 0. The molecule has 4 rings (SSSR count). The number of benzene rings is 3. The summed E-state index contributed by atoms with van der Waals surface area (Å²) in [5.74, 6) is 1.64. The van der Waals surface area contributed by atoms with Crippen molar-refractivity contribution in [3.8, 4) is 11.5 Å². The molecule has 1 aromatic heterocycles. The molecule has 0 radical (unpaired) electrons. The molecule has 31 heavy (non-hydrogen) atoms. The maximum absolute atomic E-state index is 12.9. The van der Waals surface area contributed by atoms with Crippen LogP contribution in [0.5, 0.6) is 11.5 Å². The summed E-state index contributed by atoms with van der Waals surface area (Å²) in [6.45, 7) is 0.702. The molecule has 0 aliphatic heterocycles. The fourth-order valence-electron chi connectivity index (χ4n) is 3.39. The smallest absolute Gasteiger partial charge is 0.244 e. The molecule has 3 aromatic carbocycles. The number of fused-ring (bicyclic) bond motifs is 1. The molecule has 1 heterocycles. The summed E-state index contributed by atoms with van der Waals surface area (Å²) in [4.78, 5) is 17.6. The van der Waals surface area contributed by atoms with Crippen LogP contribution in [0.25, 0.3) is 11.0 Å². The highest BCUT2D eigenvalue weighted by Crippen LogP contribution is 2.29. The van der Waals surface area contributed by atoms with Gasteiger partial charge < -0.3 is 24.7 Å². The molecule has 158 valence electrons. The van der Waals surface area contributed by atoms with Crippen LogP contribution in [0.2, 0.25) is 0 Å². The Morgan fingerprint density at radius 3 is 2.52 bits per heavy atom. The lowest BCUT2D eigenvalue weighted by molar-refractivity contribution is -0.116. The standard InChI is InChI=1S/C24H24N4O3/c1-30-18-12-13-22(31-2)20(14-18)26-23(29)16-28-21-11-7-6-10-19(21)27-24(28)25-15-17-8-4-3-5-9-17/h3-14H,15-16H2,1-2H3,(H,25,27)(H,26,29). The fourth-order valence-corrected chi connectivity index (χ4v) is 3.39. The van der Waals surface area contributed by atoms with Gasteiger partial charge in [-0.2, -0.15) is 0 Å². The zero-order chi connectivity index (χ0) is 21.6. The first-order valence-corrected chi connectivity index (χ1v) is 9.93. The van der Waals surface area contributed by atoms with Crippen LogP contribution in [0.4, 0.5) is 11.6 Å². The van der Waals surface area contributed by atoms with E-state index in [1.165, 1.54) is 0 Å². The normalized spacial score (nSPS) is 10.6. The molecular weight excluding hydrogens is 392 g/mol. The van der Waals surface area contributed by atoms with E-state index in [1.54, 1.807) is 32.4 Å². The van der Waals surface area contributed by atoms with Crippen LogP contribution in [-0.2, 0) is 17.9 Å². The number of nitrogens with zero attached hydrogens (tertiary/aromatic N) is 2. The summed E-state index contributed by atoms with van der Waals surface area (Å²) in [6.07, 6.45) is 0. The van der Waals surface area contributed by atoms with Gasteiger partial charge in [0.25, 0.3) is 0 Å². The van der Waals surface area contributed by atoms with Crippen LogP contribution < -0.4 is 20.1 Å². The van der Waals surface area contributed by atoms with E-state index in [-0.39, 0.29) is 12.5 Å². The second kappa shape index (κ2) is 9.21. The minimum Gasteiger partial charge on any atom is -0.497 e. The predicted molar refractivity (Wildman–Crippen MR) is 122 cm³/mol. The molecule has 0 saturated carbocycles. The molecule has 7 nitrogen and oxygen atoms in total. The van der Waals surface area contributed by atoms with Crippen LogP contribution >= 0.6 is 0 Å². The first-order valence-electron chi connectivity index (χ1n) is 9.93. The number of methoxy groups -OCH3 is 2. The van der Waals surface area contributed by atoms with Gasteiger partial charge in [0.1, 0.15) is 18.0 Å². The quantitative estimate of drug-likeness (QED) is 0.448. The number of amides is 1. The lowest BCUT2D eigenvalue weighted by atomic mass is 10.2. The fraction of sp³-hybridized carbons (Fsp3) is 0.167. The highest BCUT2D eigenvalue weighted by atomic mass is 16.5. The number of carbonyl (C=O) groups excluding carboxylic acids is 1. The minimum atomic E-state index is -0.197. The summed E-state index contributed by atoms with van der Waals surface area (Å²) < 4.78 is 12.5. The third kappa shape index (κ3) is 4.61. The topological polar surface area (TPSA) is 77.4 Å². The van der Waals surface area contributed by atoms with Crippen LogP contribution in [-0.4, -0.2) is 29.7 Å². The number of ether oxygens (including phenoxy) is 2. The lowest BCUT2D eigenvalue weighted by Crippen LogP contribution is -2.20. The van der Waals surface area contributed by atoms with Gasteiger partial charge in [-0.1, -0.05) is 42.5 Å². The third-order valence-electron chi connectivity index (χ3n) is 4.93. The molecule has 2 N–H and O–H groups in total. The summed E-state index contributed by atoms with van der Waals surface area (Å²) in [5, 5.41) is 6.28. The van der Waals surface area contributed by atoms with Gasteiger partial charge in [-0.05, 0) is 29.8 Å². The van der Waals surface area contributed by atoms with Gasteiger partial charge in [0.05, 0.1) is 30.9 Å². The van der Waals surface area contributed by atoms with E-state index in [2.05, 4.69) is 15.6 Å². The van der Waals surface area contributed by atoms with E-state index < -0.39 is 0 Å². The van der Waals surface area contributed by atoms with E-state index in [0.29, 0.717) is 29.7 Å². The Morgan fingerprint density at radius 1 is 0.968 bits per heavy atom. The Labute approximate surface area is 180 Å². The molecule has 0 aliphatic rings. The van der Waals surface area contributed by atoms with Gasteiger partial charge in [-0.25, -0.2) is 4.98 Å².